The first-order valence-corrected chi connectivity index (χ1v) is 7.25. The van der Waals surface area contributed by atoms with E-state index in [1.807, 2.05) is 48.5 Å². The summed E-state index contributed by atoms with van der Waals surface area (Å²) in [5.74, 6) is 0.453. The normalized spacial score (nSPS) is 12.3. The average molecular weight is 310 g/mol. The van der Waals surface area contributed by atoms with Crippen LogP contribution < -0.4 is 5.73 Å². The Morgan fingerprint density at radius 2 is 1.71 bits per heavy atom. The van der Waals surface area contributed by atoms with E-state index in [4.69, 9.17) is 5.73 Å². The molecule has 1 atom stereocenters. The van der Waals surface area contributed by atoms with Crippen molar-refractivity contribution in [2.75, 3.05) is 5.73 Å². The lowest BCUT2D eigenvalue weighted by Crippen LogP contribution is -2.00. The summed E-state index contributed by atoms with van der Waals surface area (Å²) in [4.78, 5) is 0.816. The highest BCUT2D eigenvalue weighted by Gasteiger charge is 2.06. The highest BCUT2D eigenvalue weighted by Crippen LogP contribution is 2.18. The molecule has 0 saturated heterocycles. The summed E-state index contributed by atoms with van der Waals surface area (Å²) in [5.41, 5.74) is 7.45. The van der Waals surface area contributed by atoms with E-state index in [0.717, 1.165) is 14.9 Å². The van der Waals surface area contributed by atoms with Crippen molar-refractivity contribution < 1.29 is 4.21 Å². The molecule has 4 heteroatoms. The third-order valence-corrected chi connectivity index (χ3v) is 4.32. The summed E-state index contributed by atoms with van der Waals surface area (Å²) in [6, 6.07) is 15.0. The number of para-hydroxylation sites is 1. The van der Waals surface area contributed by atoms with Crippen molar-refractivity contribution in [2.24, 2.45) is 0 Å². The van der Waals surface area contributed by atoms with Gasteiger partial charge in [-0.1, -0.05) is 34.1 Å². The van der Waals surface area contributed by atoms with Crippen LogP contribution in [-0.4, -0.2) is 4.21 Å². The third kappa shape index (κ3) is 3.17. The maximum absolute atomic E-state index is 12.1. The van der Waals surface area contributed by atoms with Gasteiger partial charge in [-0.3, -0.25) is 4.21 Å². The van der Waals surface area contributed by atoms with Crippen molar-refractivity contribution >= 4 is 32.4 Å². The van der Waals surface area contributed by atoms with Crippen molar-refractivity contribution in [3.63, 3.8) is 0 Å². The minimum absolute atomic E-state index is 0.453. The molecule has 0 spiro atoms. The van der Waals surface area contributed by atoms with Gasteiger partial charge in [0.15, 0.2) is 0 Å². The van der Waals surface area contributed by atoms with Crippen molar-refractivity contribution in [2.45, 2.75) is 10.6 Å². The fourth-order valence-electron chi connectivity index (χ4n) is 1.48. The van der Waals surface area contributed by atoms with E-state index in [0.29, 0.717) is 11.4 Å². The van der Waals surface area contributed by atoms with E-state index >= 15 is 0 Å². The maximum atomic E-state index is 12.1. The smallest absolute Gasteiger partial charge is 0.0574 e. The molecule has 0 aromatic heterocycles. The molecule has 2 aromatic rings. The number of nitrogen functional groups attached to an aromatic ring is 1. The summed E-state index contributed by atoms with van der Waals surface area (Å²) in [5, 5.41) is 0. The topological polar surface area (TPSA) is 43.1 Å². The van der Waals surface area contributed by atoms with Gasteiger partial charge in [-0.15, -0.1) is 0 Å². The second-order valence-electron chi connectivity index (χ2n) is 3.64. The highest BCUT2D eigenvalue weighted by atomic mass is 79.9. The maximum Gasteiger partial charge on any atom is 0.0574 e. The first-order chi connectivity index (χ1) is 8.16. The minimum Gasteiger partial charge on any atom is -0.398 e. The monoisotopic (exact) mass is 309 g/mol. The molecule has 0 aliphatic rings. The van der Waals surface area contributed by atoms with E-state index < -0.39 is 10.8 Å². The number of hydrogen-bond donors (Lipinski definition) is 1. The molecule has 1 unspecified atom stereocenters. The van der Waals surface area contributed by atoms with E-state index in [2.05, 4.69) is 15.9 Å². The Morgan fingerprint density at radius 3 is 2.35 bits per heavy atom. The second kappa shape index (κ2) is 5.47. The molecule has 88 valence electrons. The van der Waals surface area contributed by atoms with Crippen LogP contribution >= 0.6 is 15.9 Å². The minimum atomic E-state index is -1.05. The molecule has 0 fully saturated rings. The van der Waals surface area contributed by atoms with Crippen LogP contribution in [0, 0.1) is 0 Å². The summed E-state index contributed by atoms with van der Waals surface area (Å²) >= 11 is 3.35. The number of halogens is 1. The van der Waals surface area contributed by atoms with Crippen molar-refractivity contribution in [3.05, 3.63) is 58.6 Å². The summed E-state index contributed by atoms with van der Waals surface area (Å²) < 4.78 is 13.1. The van der Waals surface area contributed by atoms with E-state index in [9.17, 15) is 4.21 Å². The standard InChI is InChI=1S/C13H12BrNOS/c14-11-5-7-12(8-6-11)17(16)9-10-3-1-2-4-13(10)15/h1-8H,9,15H2. The van der Waals surface area contributed by atoms with Crippen LogP contribution in [0.3, 0.4) is 0 Å². The summed E-state index contributed by atoms with van der Waals surface area (Å²) in [6.45, 7) is 0. The van der Waals surface area contributed by atoms with Gasteiger partial charge in [0.1, 0.15) is 0 Å². The van der Waals surface area contributed by atoms with Crippen LogP contribution in [0.2, 0.25) is 0 Å². The molecule has 2 aromatic carbocycles. The molecule has 0 aliphatic carbocycles. The van der Waals surface area contributed by atoms with Gasteiger partial charge in [0, 0.05) is 15.1 Å². The van der Waals surface area contributed by atoms with Gasteiger partial charge in [0.2, 0.25) is 0 Å². The first kappa shape index (κ1) is 12.3. The molecule has 2 N–H and O–H groups in total. The molecule has 0 aliphatic heterocycles. The predicted molar refractivity (Wildman–Crippen MR) is 75.1 cm³/mol. The molecular formula is C13H12BrNOS. The number of rotatable bonds is 3. The van der Waals surface area contributed by atoms with Crippen LogP contribution in [0.15, 0.2) is 57.9 Å². The van der Waals surface area contributed by atoms with Gasteiger partial charge in [0.25, 0.3) is 0 Å². The van der Waals surface area contributed by atoms with E-state index in [1.165, 1.54) is 0 Å². The van der Waals surface area contributed by atoms with Gasteiger partial charge >= 0.3 is 0 Å². The molecule has 2 nitrogen and oxygen atoms in total. The highest BCUT2D eigenvalue weighted by molar-refractivity contribution is 9.10. The average Bonchev–Trinajstić information content (AvgIpc) is 2.33. The second-order valence-corrected chi connectivity index (χ2v) is 6.01. The fourth-order valence-corrected chi connectivity index (χ4v) is 2.89. The van der Waals surface area contributed by atoms with Gasteiger partial charge in [-0.05, 0) is 35.9 Å². The lowest BCUT2D eigenvalue weighted by molar-refractivity contribution is 0.682. The van der Waals surface area contributed by atoms with Gasteiger partial charge in [-0.25, -0.2) is 0 Å². The fraction of sp³-hybridized carbons (Fsp3) is 0.0769. The Bertz CT molecular complexity index is 539. The molecule has 0 saturated carbocycles. The Labute approximate surface area is 111 Å². The van der Waals surface area contributed by atoms with Crippen molar-refractivity contribution in [1.29, 1.82) is 0 Å². The lowest BCUT2D eigenvalue weighted by atomic mass is 10.2. The SMILES string of the molecule is Nc1ccccc1CS(=O)c1ccc(Br)cc1. The Hall–Kier alpha value is -1.13. The zero-order valence-corrected chi connectivity index (χ0v) is 11.5. The van der Waals surface area contributed by atoms with Crippen LogP contribution in [0.25, 0.3) is 0 Å². The van der Waals surface area contributed by atoms with Crippen LogP contribution in [0.1, 0.15) is 5.56 Å². The van der Waals surface area contributed by atoms with Crippen molar-refractivity contribution in [1.82, 2.24) is 0 Å². The van der Waals surface area contributed by atoms with Crippen LogP contribution in [0.5, 0.6) is 0 Å². The van der Waals surface area contributed by atoms with E-state index in [1.54, 1.807) is 0 Å². The molecule has 0 radical (unpaired) electrons. The zero-order chi connectivity index (χ0) is 12.3. The molecule has 0 bridgehead atoms. The van der Waals surface area contributed by atoms with Gasteiger partial charge < -0.3 is 5.73 Å². The Morgan fingerprint density at radius 1 is 1.06 bits per heavy atom. The molecule has 17 heavy (non-hydrogen) atoms. The van der Waals surface area contributed by atoms with Crippen LogP contribution in [-0.2, 0) is 16.6 Å². The first-order valence-electron chi connectivity index (χ1n) is 5.14. The number of anilines is 1. The van der Waals surface area contributed by atoms with Crippen LogP contribution in [0.4, 0.5) is 5.69 Å². The quantitative estimate of drug-likeness (QED) is 0.884. The van der Waals surface area contributed by atoms with Gasteiger partial charge in [-0.2, -0.15) is 0 Å². The summed E-state index contributed by atoms with van der Waals surface area (Å²) in [6.07, 6.45) is 0. The van der Waals surface area contributed by atoms with Gasteiger partial charge in [0.05, 0.1) is 16.6 Å². The third-order valence-electron chi connectivity index (χ3n) is 2.42. The Kier molecular flexibility index (Phi) is 3.97. The molecule has 2 rings (SSSR count). The largest absolute Gasteiger partial charge is 0.398 e. The Balaban J connectivity index is 2.17. The van der Waals surface area contributed by atoms with E-state index in [-0.39, 0.29) is 0 Å². The summed E-state index contributed by atoms with van der Waals surface area (Å²) in [7, 11) is -1.05. The number of benzene rings is 2. The molecule has 0 heterocycles. The lowest BCUT2D eigenvalue weighted by Gasteiger charge is -2.05. The van der Waals surface area contributed by atoms with Crippen molar-refractivity contribution in [3.8, 4) is 0 Å². The number of nitrogens with two attached hydrogens (primary N) is 1. The number of hydrogen-bond acceptors (Lipinski definition) is 2. The molecular weight excluding hydrogens is 298 g/mol. The zero-order valence-electron chi connectivity index (χ0n) is 9.10. The predicted octanol–water partition coefficient (Wildman–Crippen LogP) is 3.34. The molecule has 0 amide bonds.